The van der Waals surface area contributed by atoms with E-state index in [1.807, 2.05) is 38.8 Å². The molecule has 0 aliphatic carbocycles. The maximum atomic E-state index is 11.8. The molecule has 4 nitrogen and oxygen atoms in total. The van der Waals surface area contributed by atoms with E-state index >= 15 is 0 Å². The van der Waals surface area contributed by atoms with E-state index in [0.717, 1.165) is 18.1 Å². The summed E-state index contributed by atoms with van der Waals surface area (Å²) in [5.41, 5.74) is 0. The van der Waals surface area contributed by atoms with Crippen LogP contribution in [0.3, 0.4) is 0 Å². The maximum absolute atomic E-state index is 11.8. The lowest BCUT2D eigenvalue weighted by atomic mass is 10.3. The molecule has 0 spiro atoms. The standard InChI is InChI=1S/C12H21N3OS/c1-5-15(6-2)11(16)8-13-10(4)12-14-7-9(3)17-12/h7,10,13H,5-6,8H2,1-4H3. The van der Waals surface area contributed by atoms with Gasteiger partial charge < -0.3 is 4.90 Å². The van der Waals surface area contributed by atoms with E-state index in [9.17, 15) is 4.79 Å². The summed E-state index contributed by atoms with van der Waals surface area (Å²) >= 11 is 1.67. The summed E-state index contributed by atoms with van der Waals surface area (Å²) in [6, 6.07) is 0.133. The van der Waals surface area contributed by atoms with Crippen molar-refractivity contribution >= 4 is 17.2 Å². The van der Waals surface area contributed by atoms with E-state index in [-0.39, 0.29) is 11.9 Å². The molecule has 5 heteroatoms. The van der Waals surface area contributed by atoms with Gasteiger partial charge >= 0.3 is 0 Å². The van der Waals surface area contributed by atoms with E-state index in [4.69, 9.17) is 0 Å². The first kappa shape index (κ1) is 14.1. The number of thiazole rings is 1. The van der Waals surface area contributed by atoms with Crippen molar-refractivity contribution in [2.24, 2.45) is 0 Å². The lowest BCUT2D eigenvalue weighted by molar-refractivity contribution is -0.129. The van der Waals surface area contributed by atoms with Crippen molar-refractivity contribution in [2.75, 3.05) is 19.6 Å². The van der Waals surface area contributed by atoms with Crippen LogP contribution >= 0.6 is 11.3 Å². The third-order valence-corrected chi connectivity index (χ3v) is 3.78. The molecule has 1 unspecified atom stereocenters. The number of carbonyl (C=O) groups excluding carboxylic acids is 1. The summed E-state index contributed by atoms with van der Waals surface area (Å²) in [5, 5.41) is 4.25. The first-order valence-corrected chi connectivity index (χ1v) is 6.83. The number of likely N-dealkylation sites (N-methyl/N-ethyl adjacent to an activating group) is 1. The Morgan fingerprint density at radius 1 is 1.53 bits per heavy atom. The van der Waals surface area contributed by atoms with E-state index in [2.05, 4.69) is 10.3 Å². The first-order valence-electron chi connectivity index (χ1n) is 6.01. The largest absolute Gasteiger partial charge is 0.342 e. The highest BCUT2D eigenvalue weighted by Gasteiger charge is 2.13. The Labute approximate surface area is 107 Å². The molecule has 0 fully saturated rings. The number of rotatable bonds is 6. The monoisotopic (exact) mass is 255 g/mol. The Balaban J connectivity index is 2.43. The number of aryl methyl sites for hydroxylation is 1. The predicted octanol–water partition coefficient (Wildman–Crippen LogP) is 1.97. The van der Waals surface area contributed by atoms with Gasteiger partial charge in [0.25, 0.3) is 0 Å². The Bertz CT molecular complexity index is 360. The second-order valence-corrected chi connectivity index (χ2v) is 5.24. The van der Waals surface area contributed by atoms with Gasteiger partial charge in [-0.3, -0.25) is 10.1 Å². The van der Waals surface area contributed by atoms with Crippen molar-refractivity contribution in [1.82, 2.24) is 15.2 Å². The molecule has 0 radical (unpaired) electrons. The van der Waals surface area contributed by atoms with Crippen LogP contribution in [-0.4, -0.2) is 35.4 Å². The highest BCUT2D eigenvalue weighted by Crippen LogP contribution is 2.18. The Kier molecular flexibility index (Phi) is 5.58. The fourth-order valence-electron chi connectivity index (χ4n) is 1.59. The number of amides is 1. The zero-order valence-electron chi connectivity index (χ0n) is 11.0. The molecule has 17 heavy (non-hydrogen) atoms. The summed E-state index contributed by atoms with van der Waals surface area (Å²) in [7, 11) is 0. The summed E-state index contributed by atoms with van der Waals surface area (Å²) in [4.78, 5) is 19.1. The molecule has 1 atom stereocenters. The molecule has 1 rings (SSSR count). The number of aromatic nitrogens is 1. The van der Waals surface area contributed by atoms with Crippen molar-refractivity contribution in [3.05, 3.63) is 16.1 Å². The van der Waals surface area contributed by atoms with Gasteiger partial charge in [0, 0.05) is 24.2 Å². The van der Waals surface area contributed by atoms with Gasteiger partial charge in [-0.05, 0) is 27.7 Å². The van der Waals surface area contributed by atoms with Gasteiger partial charge in [-0.15, -0.1) is 11.3 Å². The average Bonchev–Trinajstić information content (AvgIpc) is 2.74. The molecule has 0 aromatic carbocycles. The number of carbonyl (C=O) groups is 1. The van der Waals surface area contributed by atoms with Crippen LogP contribution in [-0.2, 0) is 4.79 Å². The molecule has 0 aliphatic rings. The molecular weight excluding hydrogens is 234 g/mol. The third kappa shape index (κ3) is 4.09. The number of nitrogens with zero attached hydrogens (tertiary/aromatic N) is 2. The Hall–Kier alpha value is -0.940. The van der Waals surface area contributed by atoms with E-state index in [1.54, 1.807) is 11.3 Å². The first-order chi connectivity index (χ1) is 8.08. The fraction of sp³-hybridized carbons (Fsp3) is 0.667. The van der Waals surface area contributed by atoms with Crippen LogP contribution in [0, 0.1) is 6.92 Å². The molecule has 1 heterocycles. The van der Waals surface area contributed by atoms with Crippen molar-refractivity contribution in [3.8, 4) is 0 Å². The predicted molar refractivity (Wildman–Crippen MR) is 71.2 cm³/mol. The topological polar surface area (TPSA) is 45.2 Å². The van der Waals surface area contributed by atoms with Crippen LogP contribution in [0.1, 0.15) is 36.7 Å². The normalized spacial score (nSPS) is 12.5. The molecule has 1 N–H and O–H groups in total. The summed E-state index contributed by atoms with van der Waals surface area (Å²) in [5.74, 6) is 0.148. The zero-order valence-corrected chi connectivity index (χ0v) is 11.8. The Morgan fingerprint density at radius 3 is 2.65 bits per heavy atom. The van der Waals surface area contributed by atoms with Crippen molar-refractivity contribution < 1.29 is 4.79 Å². The zero-order chi connectivity index (χ0) is 12.8. The van der Waals surface area contributed by atoms with Crippen molar-refractivity contribution in [2.45, 2.75) is 33.7 Å². The van der Waals surface area contributed by atoms with E-state index in [0.29, 0.717) is 6.54 Å². The highest BCUT2D eigenvalue weighted by atomic mass is 32.1. The lowest BCUT2D eigenvalue weighted by Gasteiger charge is -2.20. The van der Waals surface area contributed by atoms with Crippen LogP contribution in [0.25, 0.3) is 0 Å². The number of hydrogen-bond donors (Lipinski definition) is 1. The number of hydrogen-bond acceptors (Lipinski definition) is 4. The van der Waals surface area contributed by atoms with Crippen LogP contribution in [0.15, 0.2) is 6.20 Å². The van der Waals surface area contributed by atoms with Gasteiger partial charge in [0.05, 0.1) is 12.6 Å². The molecule has 1 aromatic rings. The summed E-state index contributed by atoms with van der Waals surface area (Å²) < 4.78 is 0. The van der Waals surface area contributed by atoms with Crippen LogP contribution in [0.4, 0.5) is 0 Å². The molecular formula is C12H21N3OS. The molecule has 1 amide bonds. The summed E-state index contributed by atoms with van der Waals surface area (Å²) in [6.45, 7) is 9.97. The van der Waals surface area contributed by atoms with Crippen LogP contribution in [0.2, 0.25) is 0 Å². The molecule has 0 bridgehead atoms. The van der Waals surface area contributed by atoms with Gasteiger partial charge in [-0.1, -0.05) is 0 Å². The molecule has 1 aromatic heterocycles. The van der Waals surface area contributed by atoms with Gasteiger partial charge in [-0.2, -0.15) is 0 Å². The highest BCUT2D eigenvalue weighted by molar-refractivity contribution is 7.11. The molecule has 0 aliphatic heterocycles. The molecule has 0 saturated carbocycles. The summed E-state index contributed by atoms with van der Waals surface area (Å²) in [6.07, 6.45) is 1.87. The van der Waals surface area contributed by atoms with Crippen LogP contribution in [0.5, 0.6) is 0 Å². The second kappa shape index (κ2) is 6.71. The van der Waals surface area contributed by atoms with Gasteiger partial charge in [0.2, 0.25) is 5.91 Å². The third-order valence-electron chi connectivity index (χ3n) is 2.69. The maximum Gasteiger partial charge on any atom is 0.236 e. The minimum Gasteiger partial charge on any atom is -0.342 e. The lowest BCUT2D eigenvalue weighted by Crippen LogP contribution is -2.38. The van der Waals surface area contributed by atoms with Crippen molar-refractivity contribution in [3.63, 3.8) is 0 Å². The van der Waals surface area contributed by atoms with Gasteiger partial charge in [0.1, 0.15) is 5.01 Å². The number of nitrogens with one attached hydrogen (secondary N) is 1. The van der Waals surface area contributed by atoms with Crippen LogP contribution < -0.4 is 5.32 Å². The smallest absolute Gasteiger partial charge is 0.236 e. The molecule has 0 saturated heterocycles. The minimum absolute atomic E-state index is 0.133. The minimum atomic E-state index is 0.133. The Morgan fingerprint density at radius 2 is 2.18 bits per heavy atom. The second-order valence-electron chi connectivity index (χ2n) is 3.98. The van der Waals surface area contributed by atoms with E-state index < -0.39 is 0 Å². The quantitative estimate of drug-likeness (QED) is 0.845. The SMILES string of the molecule is CCN(CC)C(=O)CNC(C)c1ncc(C)s1. The van der Waals surface area contributed by atoms with Gasteiger partial charge in [-0.25, -0.2) is 4.98 Å². The molecule has 96 valence electrons. The fourth-order valence-corrected chi connectivity index (χ4v) is 2.39. The average molecular weight is 255 g/mol. The van der Waals surface area contributed by atoms with Gasteiger partial charge in [0.15, 0.2) is 0 Å². The van der Waals surface area contributed by atoms with E-state index in [1.165, 1.54) is 4.88 Å². The van der Waals surface area contributed by atoms with Crippen molar-refractivity contribution in [1.29, 1.82) is 0 Å².